The summed E-state index contributed by atoms with van der Waals surface area (Å²) in [6, 6.07) is 2.41. The van der Waals surface area contributed by atoms with Crippen molar-refractivity contribution < 1.29 is 4.52 Å². The maximum absolute atomic E-state index is 8.85. The normalized spacial score (nSPS) is 19.2. The van der Waals surface area contributed by atoms with Gasteiger partial charge in [0.25, 0.3) is 0 Å². The van der Waals surface area contributed by atoms with Crippen LogP contribution in [-0.4, -0.2) is 37.9 Å². The van der Waals surface area contributed by atoms with Crippen LogP contribution in [0.15, 0.2) is 16.9 Å². The number of aromatic nitrogens is 4. The molecule has 0 amide bonds. The Morgan fingerprint density at radius 3 is 3.05 bits per heavy atom. The van der Waals surface area contributed by atoms with Crippen molar-refractivity contribution >= 4 is 0 Å². The van der Waals surface area contributed by atoms with Gasteiger partial charge in [-0.05, 0) is 6.42 Å². The minimum atomic E-state index is 0.280. The fourth-order valence-electron chi connectivity index (χ4n) is 2.53. The summed E-state index contributed by atoms with van der Waals surface area (Å²) in [5.74, 6) is 1.70. The van der Waals surface area contributed by atoms with E-state index in [0.29, 0.717) is 24.0 Å². The molecule has 0 aromatic carbocycles. The molecule has 1 saturated heterocycles. The molecule has 2 aromatic heterocycles. The van der Waals surface area contributed by atoms with Gasteiger partial charge in [-0.25, -0.2) is 0 Å². The second-order valence-corrected chi connectivity index (χ2v) is 5.70. The lowest BCUT2D eigenvalue weighted by Gasteiger charge is -2.13. The van der Waals surface area contributed by atoms with Crippen LogP contribution in [0.4, 0.5) is 0 Å². The lowest BCUT2D eigenvalue weighted by molar-refractivity contribution is 0.258. The first-order valence-electron chi connectivity index (χ1n) is 7.15. The Bertz CT molecular complexity index is 652. The topological polar surface area (TPSA) is 83.8 Å². The van der Waals surface area contributed by atoms with Crippen LogP contribution in [0.1, 0.15) is 49.5 Å². The number of hydrogen-bond acceptors (Lipinski definition) is 6. The average molecular weight is 286 g/mol. The Hall–Kier alpha value is -2.20. The van der Waals surface area contributed by atoms with Crippen molar-refractivity contribution in [3.05, 3.63) is 29.7 Å². The molecule has 1 unspecified atom stereocenters. The number of rotatable bonds is 4. The van der Waals surface area contributed by atoms with E-state index in [1.165, 1.54) is 0 Å². The Labute approximate surface area is 123 Å². The third-order valence-corrected chi connectivity index (χ3v) is 3.71. The molecule has 0 radical (unpaired) electrons. The smallest absolute Gasteiger partial charge is 0.240 e. The van der Waals surface area contributed by atoms with Crippen LogP contribution in [0.5, 0.6) is 0 Å². The molecule has 1 aliphatic heterocycles. The highest BCUT2D eigenvalue weighted by Gasteiger charge is 2.26. The molecular weight excluding hydrogens is 268 g/mol. The standard InChI is InChI=1S/C14H18N6O/c1-10(2)14-17-13(21-18-14)9-19-4-3-12(8-19)20-7-11(5-15)6-16-20/h6-7,10,12H,3-4,8-9H2,1-2H3. The van der Waals surface area contributed by atoms with Gasteiger partial charge in [-0.1, -0.05) is 19.0 Å². The summed E-state index contributed by atoms with van der Waals surface area (Å²) < 4.78 is 7.16. The molecule has 3 rings (SSSR count). The summed E-state index contributed by atoms with van der Waals surface area (Å²) in [6.45, 7) is 6.61. The molecule has 0 saturated carbocycles. The summed E-state index contributed by atoms with van der Waals surface area (Å²) in [6.07, 6.45) is 4.42. The molecule has 7 nitrogen and oxygen atoms in total. The number of likely N-dealkylation sites (tertiary alicyclic amines) is 1. The molecule has 1 aliphatic rings. The predicted molar refractivity (Wildman–Crippen MR) is 74.3 cm³/mol. The monoisotopic (exact) mass is 286 g/mol. The van der Waals surface area contributed by atoms with Crippen LogP contribution in [0, 0.1) is 11.3 Å². The molecule has 21 heavy (non-hydrogen) atoms. The van der Waals surface area contributed by atoms with E-state index in [0.717, 1.165) is 25.3 Å². The first-order chi connectivity index (χ1) is 10.2. The zero-order valence-electron chi connectivity index (χ0n) is 12.2. The molecule has 0 aliphatic carbocycles. The molecule has 1 fully saturated rings. The summed E-state index contributed by atoms with van der Waals surface area (Å²) >= 11 is 0. The van der Waals surface area contributed by atoms with Gasteiger partial charge in [-0.2, -0.15) is 15.3 Å². The van der Waals surface area contributed by atoms with Crippen molar-refractivity contribution in [2.75, 3.05) is 13.1 Å². The van der Waals surface area contributed by atoms with E-state index in [1.807, 2.05) is 18.5 Å². The van der Waals surface area contributed by atoms with Gasteiger partial charge in [0.2, 0.25) is 5.89 Å². The van der Waals surface area contributed by atoms with E-state index in [4.69, 9.17) is 9.78 Å². The highest BCUT2D eigenvalue weighted by atomic mass is 16.5. The summed E-state index contributed by atoms with van der Waals surface area (Å²) in [5, 5.41) is 17.1. The second kappa shape index (κ2) is 5.66. The van der Waals surface area contributed by atoms with E-state index >= 15 is 0 Å². The van der Waals surface area contributed by atoms with Crippen molar-refractivity contribution in [2.24, 2.45) is 0 Å². The molecule has 2 aromatic rings. The third kappa shape index (κ3) is 2.95. The Morgan fingerprint density at radius 2 is 2.38 bits per heavy atom. The van der Waals surface area contributed by atoms with Gasteiger partial charge in [0, 0.05) is 25.2 Å². The van der Waals surface area contributed by atoms with Crippen molar-refractivity contribution in [3.63, 3.8) is 0 Å². The Balaban J connectivity index is 1.60. The minimum Gasteiger partial charge on any atom is -0.338 e. The van der Waals surface area contributed by atoms with Gasteiger partial charge in [0.05, 0.1) is 24.3 Å². The van der Waals surface area contributed by atoms with Crippen molar-refractivity contribution in [1.29, 1.82) is 5.26 Å². The molecule has 1 atom stereocenters. The number of nitrogens with zero attached hydrogens (tertiary/aromatic N) is 6. The van der Waals surface area contributed by atoms with Crippen LogP contribution >= 0.6 is 0 Å². The van der Waals surface area contributed by atoms with Crippen LogP contribution in [0.2, 0.25) is 0 Å². The van der Waals surface area contributed by atoms with Gasteiger partial charge in [0.1, 0.15) is 6.07 Å². The largest absolute Gasteiger partial charge is 0.338 e. The van der Waals surface area contributed by atoms with Crippen molar-refractivity contribution in [3.8, 4) is 6.07 Å². The van der Waals surface area contributed by atoms with E-state index in [1.54, 1.807) is 12.4 Å². The number of hydrogen-bond donors (Lipinski definition) is 0. The zero-order valence-corrected chi connectivity index (χ0v) is 12.2. The summed E-state index contributed by atoms with van der Waals surface area (Å²) in [4.78, 5) is 6.68. The third-order valence-electron chi connectivity index (χ3n) is 3.71. The Kier molecular flexibility index (Phi) is 3.71. The number of nitriles is 1. The minimum absolute atomic E-state index is 0.280. The fraction of sp³-hybridized carbons (Fsp3) is 0.571. The average Bonchev–Trinajstić information content (AvgIpc) is 3.18. The lowest BCUT2D eigenvalue weighted by atomic mass is 10.2. The quantitative estimate of drug-likeness (QED) is 0.850. The molecule has 7 heteroatoms. The maximum Gasteiger partial charge on any atom is 0.240 e. The van der Waals surface area contributed by atoms with Crippen molar-refractivity contribution in [1.82, 2.24) is 24.8 Å². The predicted octanol–water partition coefficient (Wildman–Crippen LogP) is 1.71. The van der Waals surface area contributed by atoms with Gasteiger partial charge >= 0.3 is 0 Å². The van der Waals surface area contributed by atoms with Gasteiger partial charge in [-0.15, -0.1) is 0 Å². The van der Waals surface area contributed by atoms with Crippen LogP contribution < -0.4 is 0 Å². The SMILES string of the molecule is CC(C)c1noc(CN2CCC(n3cc(C#N)cn3)C2)n1. The van der Waals surface area contributed by atoms with Gasteiger partial charge in [-0.3, -0.25) is 9.58 Å². The van der Waals surface area contributed by atoms with E-state index in [9.17, 15) is 0 Å². The van der Waals surface area contributed by atoms with E-state index < -0.39 is 0 Å². The molecular formula is C14H18N6O. The highest BCUT2D eigenvalue weighted by Crippen LogP contribution is 2.22. The Morgan fingerprint density at radius 1 is 1.52 bits per heavy atom. The first kappa shape index (κ1) is 13.8. The summed E-state index contributed by atoms with van der Waals surface area (Å²) in [5.41, 5.74) is 0.604. The molecule has 0 N–H and O–H groups in total. The first-order valence-corrected chi connectivity index (χ1v) is 7.15. The molecule has 3 heterocycles. The van der Waals surface area contributed by atoms with Crippen LogP contribution in [0.3, 0.4) is 0 Å². The molecule has 110 valence electrons. The van der Waals surface area contributed by atoms with Gasteiger partial charge < -0.3 is 4.52 Å². The van der Waals surface area contributed by atoms with Crippen LogP contribution in [-0.2, 0) is 6.54 Å². The summed E-state index contributed by atoms with van der Waals surface area (Å²) in [7, 11) is 0. The maximum atomic E-state index is 8.85. The fourth-order valence-corrected chi connectivity index (χ4v) is 2.53. The molecule has 0 spiro atoms. The lowest BCUT2D eigenvalue weighted by Crippen LogP contribution is -2.21. The van der Waals surface area contributed by atoms with Crippen molar-refractivity contribution in [2.45, 2.75) is 38.8 Å². The second-order valence-electron chi connectivity index (χ2n) is 5.70. The van der Waals surface area contributed by atoms with E-state index in [-0.39, 0.29) is 5.92 Å². The van der Waals surface area contributed by atoms with Gasteiger partial charge in [0.15, 0.2) is 5.82 Å². The zero-order chi connectivity index (χ0) is 14.8. The van der Waals surface area contributed by atoms with Crippen LogP contribution in [0.25, 0.3) is 0 Å². The molecule has 0 bridgehead atoms. The van der Waals surface area contributed by atoms with E-state index in [2.05, 4.69) is 26.2 Å². The highest BCUT2D eigenvalue weighted by molar-refractivity contribution is 5.22.